The van der Waals surface area contributed by atoms with Crippen LogP contribution in [0.1, 0.15) is 46.5 Å². The van der Waals surface area contributed by atoms with Crippen LogP contribution in [0.25, 0.3) is 0 Å². The Kier molecular flexibility index (Phi) is 7.41. The number of ketones is 1. The highest BCUT2D eigenvalue weighted by Crippen LogP contribution is 2.17. The van der Waals surface area contributed by atoms with E-state index in [2.05, 4.69) is 19.6 Å². The summed E-state index contributed by atoms with van der Waals surface area (Å²) < 4.78 is 0. The van der Waals surface area contributed by atoms with Gasteiger partial charge in [-0.25, -0.2) is 0 Å². The molecule has 0 aromatic heterocycles. The molecule has 0 N–H and O–H groups in total. The van der Waals surface area contributed by atoms with Gasteiger partial charge in [-0.15, -0.1) is 11.6 Å². The van der Waals surface area contributed by atoms with E-state index in [1.807, 2.05) is 6.92 Å². The van der Waals surface area contributed by atoms with Crippen molar-refractivity contribution in [2.75, 3.05) is 0 Å². The average Bonchev–Trinajstić information content (AvgIpc) is 2.13. The molecule has 0 aliphatic rings. The molecule has 0 spiro atoms. The predicted molar refractivity (Wildman–Crippen MR) is 67.4 cm³/mol. The Labute approximate surface area is 98.2 Å². The summed E-state index contributed by atoms with van der Waals surface area (Å²) in [7, 11) is 0. The first-order chi connectivity index (χ1) is 6.93. The molecule has 0 amide bonds. The average molecular weight is 229 g/mol. The fourth-order valence-corrected chi connectivity index (χ4v) is 1.33. The quantitative estimate of drug-likeness (QED) is 0.470. The molecule has 15 heavy (non-hydrogen) atoms. The van der Waals surface area contributed by atoms with E-state index in [0.29, 0.717) is 6.42 Å². The van der Waals surface area contributed by atoms with E-state index in [1.165, 1.54) is 5.57 Å². The monoisotopic (exact) mass is 228 g/mol. The summed E-state index contributed by atoms with van der Waals surface area (Å²) in [5.41, 5.74) is 2.33. The summed E-state index contributed by atoms with van der Waals surface area (Å²) in [6.07, 6.45) is 5.53. The Hall–Kier alpha value is -0.560. The Morgan fingerprint density at radius 2 is 1.93 bits per heavy atom. The first kappa shape index (κ1) is 14.4. The standard InChI is InChI=1S/C13H21ClO/c1-10(2)13(14)9-8-11(3)6-5-7-12(4)15/h6,13H,1,5,7-9H2,2-4H3. The molecule has 0 fully saturated rings. The Balaban J connectivity index is 3.77. The van der Waals surface area contributed by atoms with Gasteiger partial charge >= 0.3 is 0 Å². The van der Waals surface area contributed by atoms with E-state index in [1.54, 1.807) is 6.92 Å². The molecule has 2 heteroatoms. The van der Waals surface area contributed by atoms with Gasteiger partial charge < -0.3 is 4.79 Å². The molecular formula is C13H21ClO. The molecule has 0 rings (SSSR count). The number of Topliss-reactive ketones (excluding diaryl/α,β-unsaturated/α-hetero) is 1. The predicted octanol–water partition coefficient (Wildman–Crippen LogP) is 4.27. The third kappa shape index (κ3) is 8.44. The number of carbonyl (C=O) groups is 1. The number of allylic oxidation sites excluding steroid dienone is 3. The fourth-order valence-electron chi connectivity index (χ4n) is 1.22. The molecule has 1 nitrogen and oxygen atoms in total. The molecule has 1 unspecified atom stereocenters. The van der Waals surface area contributed by atoms with Crippen molar-refractivity contribution < 1.29 is 4.79 Å². The lowest BCUT2D eigenvalue weighted by Gasteiger charge is -2.08. The number of rotatable bonds is 7. The minimum absolute atomic E-state index is 0.0705. The zero-order valence-corrected chi connectivity index (χ0v) is 10.7. The molecule has 0 saturated heterocycles. The lowest BCUT2D eigenvalue weighted by molar-refractivity contribution is -0.116. The highest BCUT2D eigenvalue weighted by atomic mass is 35.5. The molecule has 0 bridgehead atoms. The van der Waals surface area contributed by atoms with Gasteiger partial charge in [-0.1, -0.05) is 23.8 Å². The summed E-state index contributed by atoms with van der Waals surface area (Å²) in [6.45, 7) is 9.48. The van der Waals surface area contributed by atoms with Gasteiger partial charge in [-0.05, 0) is 40.0 Å². The Bertz CT molecular complexity index is 253. The number of carbonyl (C=O) groups excluding carboxylic acids is 1. The van der Waals surface area contributed by atoms with Crippen molar-refractivity contribution in [3.63, 3.8) is 0 Å². The zero-order chi connectivity index (χ0) is 11.8. The largest absolute Gasteiger partial charge is 0.300 e. The summed E-state index contributed by atoms with van der Waals surface area (Å²) in [4.78, 5) is 10.7. The SMILES string of the molecule is C=C(C)C(Cl)CCC(C)=CCCC(C)=O. The molecule has 0 aliphatic carbocycles. The van der Waals surface area contributed by atoms with Gasteiger partial charge in [-0.2, -0.15) is 0 Å². The van der Waals surface area contributed by atoms with Gasteiger partial charge in [0.1, 0.15) is 5.78 Å². The van der Waals surface area contributed by atoms with Gasteiger partial charge in [0.15, 0.2) is 0 Å². The maximum Gasteiger partial charge on any atom is 0.130 e. The van der Waals surface area contributed by atoms with Crippen LogP contribution >= 0.6 is 11.6 Å². The second kappa shape index (κ2) is 7.70. The molecular weight excluding hydrogens is 208 g/mol. The van der Waals surface area contributed by atoms with Crippen LogP contribution < -0.4 is 0 Å². The van der Waals surface area contributed by atoms with Gasteiger partial charge in [0, 0.05) is 6.42 Å². The Morgan fingerprint density at radius 3 is 2.40 bits per heavy atom. The van der Waals surface area contributed by atoms with E-state index in [4.69, 9.17) is 11.6 Å². The van der Waals surface area contributed by atoms with Crippen molar-refractivity contribution in [3.05, 3.63) is 23.8 Å². The van der Waals surface area contributed by atoms with Crippen LogP contribution in [-0.2, 0) is 4.79 Å². The van der Waals surface area contributed by atoms with E-state index in [-0.39, 0.29) is 11.2 Å². The first-order valence-electron chi connectivity index (χ1n) is 5.38. The Morgan fingerprint density at radius 1 is 1.33 bits per heavy atom. The van der Waals surface area contributed by atoms with Gasteiger partial charge in [0.25, 0.3) is 0 Å². The third-order valence-electron chi connectivity index (χ3n) is 2.32. The zero-order valence-electron chi connectivity index (χ0n) is 9.98. The lowest BCUT2D eigenvalue weighted by atomic mass is 10.0. The summed E-state index contributed by atoms with van der Waals surface area (Å²) in [5.74, 6) is 0.246. The minimum Gasteiger partial charge on any atom is -0.300 e. The number of hydrogen-bond acceptors (Lipinski definition) is 1. The molecule has 0 aromatic carbocycles. The van der Waals surface area contributed by atoms with Crippen LogP contribution in [-0.4, -0.2) is 11.2 Å². The molecule has 1 atom stereocenters. The van der Waals surface area contributed by atoms with E-state index >= 15 is 0 Å². The van der Waals surface area contributed by atoms with E-state index < -0.39 is 0 Å². The van der Waals surface area contributed by atoms with Crippen molar-refractivity contribution in [2.45, 2.75) is 51.8 Å². The normalized spacial score (nSPS) is 13.7. The second-order valence-electron chi connectivity index (χ2n) is 4.14. The van der Waals surface area contributed by atoms with Crippen LogP contribution in [0.5, 0.6) is 0 Å². The molecule has 0 heterocycles. The summed E-state index contributed by atoms with van der Waals surface area (Å²) in [6, 6.07) is 0. The third-order valence-corrected chi connectivity index (χ3v) is 2.91. The summed E-state index contributed by atoms with van der Waals surface area (Å²) >= 11 is 6.06. The van der Waals surface area contributed by atoms with Crippen molar-refractivity contribution in [1.29, 1.82) is 0 Å². The van der Waals surface area contributed by atoms with E-state index in [0.717, 1.165) is 24.8 Å². The fraction of sp³-hybridized carbons (Fsp3) is 0.615. The summed E-state index contributed by atoms with van der Waals surface area (Å²) in [5, 5.41) is 0.0705. The van der Waals surface area contributed by atoms with Crippen molar-refractivity contribution >= 4 is 17.4 Å². The first-order valence-corrected chi connectivity index (χ1v) is 5.81. The van der Waals surface area contributed by atoms with Crippen molar-refractivity contribution in [1.82, 2.24) is 0 Å². The maximum atomic E-state index is 10.7. The lowest BCUT2D eigenvalue weighted by Crippen LogP contribution is -1.99. The van der Waals surface area contributed by atoms with Gasteiger partial charge in [-0.3, -0.25) is 0 Å². The number of alkyl halides is 1. The molecule has 0 aromatic rings. The van der Waals surface area contributed by atoms with E-state index in [9.17, 15) is 4.79 Å². The van der Waals surface area contributed by atoms with Crippen LogP contribution in [0.15, 0.2) is 23.8 Å². The number of halogens is 1. The van der Waals surface area contributed by atoms with Crippen LogP contribution in [0.2, 0.25) is 0 Å². The van der Waals surface area contributed by atoms with Gasteiger partial charge in [0.2, 0.25) is 0 Å². The highest BCUT2D eigenvalue weighted by Gasteiger charge is 2.04. The highest BCUT2D eigenvalue weighted by molar-refractivity contribution is 6.22. The van der Waals surface area contributed by atoms with Crippen LogP contribution in [0.4, 0.5) is 0 Å². The molecule has 0 radical (unpaired) electrons. The smallest absolute Gasteiger partial charge is 0.130 e. The van der Waals surface area contributed by atoms with Crippen molar-refractivity contribution in [3.8, 4) is 0 Å². The number of hydrogen-bond donors (Lipinski definition) is 0. The molecule has 0 saturated carbocycles. The topological polar surface area (TPSA) is 17.1 Å². The second-order valence-corrected chi connectivity index (χ2v) is 4.67. The maximum absolute atomic E-state index is 10.7. The van der Waals surface area contributed by atoms with Crippen molar-refractivity contribution in [2.24, 2.45) is 0 Å². The van der Waals surface area contributed by atoms with Gasteiger partial charge in [0.05, 0.1) is 5.38 Å². The molecule has 86 valence electrons. The van der Waals surface area contributed by atoms with Crippen LogP contribution in [0, 0.1) is 0 Å². The van der Waals surface area contributed by atoms with Crippen LogP contribution in [0.3, 0.4) is 0 Å². The minimum atomic E-state index is 0.0705. The molecule has 0 aliphatic heterocycles.